The minimum Gasteiger partial charge on any atom is -0.256 e. The molecule has 0 amide bonds. The van der Waals surface area contributed by atoms with Crippen LogP contribution in [-0.2, 0) is 10.8 Å². The minimum atomic E-state index is 0.181. The quantitative estimate of drug-likeness (QED) is 0.620. The lowest BCUT2D eigenvalue weighted by Gasteiger charge is -2.41. The van der Waals surface area contributed by atoms with Crippen molar-refractivity contribution >= 4 is 5.69 Å². The Hall–Kier alpha value is -2.14. The molecule has 0 bridgehead atoms. The van der Waals surface area contributed by atoms with Crippen LogP contribution in [-0.4, -0.2) is 4.98 Å². The van der Waals surface area contributed by atoms with E-state index in [2.05, 4.69) is 44.8 Å². The molecule has 1 aliphatic carbocycles. The molecule has 0 spiro atoms. The highest BCUT2D eigenvalue weighted by Gasteiger charge is 2.37. The van der Waals surface area contributed by atoms with E-state index in [1.165, 1.54) is 24.0 Å². The van der Waals surface area contributed by atoms with Gasteiger partial charge in [0, 0.05) is 6.20 Å². The van der Waals surface area contributed by atoms with Crippen LogP contribution >= 0.6 is 0 Å². The van der Waals surface area contributed by atoms with Crippen LogP contribution < -0.4 is 0 Å². The van der Waals surface area contributed by atoms with Gasteiger partial charge in [-0.05, 0) is 52.5 Å². The molecule has 2 heteroatoms. The summed E-state index contributed by atoms with van der Waals surface area (Å²) in [4.78, 5) is 8.21. The normalized spacial score (nSPS) is 18.3. The molecule has 3 rings (SSSR count). The maximum atomic E-state index is 7.17. The molecule has 0 saturated carbocycles. The van der Waals surface area contributed by atoms with E-state index in [4.69, 9.17) is 11.6 Å². The Morgan fingerprint density at radius 3 is 2.36 bits per heavy atom. The minimum absolute atomic E-state index is 0.181. The third-order valence-electron chi connectivity index (χ3n) is 5.01. The number of fused-ring (bicyclic) bond motifs is 1. The van der Waals surface area contributed by atoms with Crippen LogP contribution in [0.4, 0.5) is 5.69 Å². The fraction of sp³-hybridized carbons (Fsp3) is 0.400. The fourth-order valence-electron chi connectivity index (χ4n) is 3.34. The Kier molecular flexibility index (Phi) is 3.33. The van der Waals surface area contributed by atoms with Gasteiger partial charge in [0.15, 0.2) is 5.69 Å². The molecule has 0 saturated heterocycles. The van der Waals surface area contributed by atoms with Crippen LogP contribution in [0, 0.1) is 6.57 Å². The zero-order chi connectivity index (χ0) is 16.0. The first-order valence-electron chi connectivity index (χ1n) is 7.82. The number of hydrogen-bond donors (Lipinski definition) is 0. The molecule has 1 aromatic carbocycles. The molecule has 0 unspecified atom stereocenters. The Labute approximate surface area is 133 Å². The summed E-state index contributed by atoms with van der Waals surface area (Å²) in [7, 11) is 0. The summed E-state index contributed by atoms with van der Waals surface area (Å²) in [5.74, 6) is 0. The van der Waals surface area contributed by atoms with Crippen molar-refractivity contribution in [3.63, 3.8) is 0 Å². The van der Waals surface area contributed by atoms with Gasteiger partial charge in [0.2, 0.25) is 0 Å². The van der Waals surface area contributed by atoms with Crippen LogP contribution in [0.25, 0.3) is 16.1 Å². The smallest absolute Gasteiger partial charge is 0.187 e. The first-order valence-corrected chi connectivity index (χ1v) is 7.82. The molecule has 0 atom stereocenters. The van der Waals surface area contributed by atoms with Gasteiger partial charge in [0.25, 0.3) is 0 Å². The van der Waals surface area contributed by atoms with Crippen LogP contribution in [0.1, 0.15) is 51.7 Å². The van der Waals surface area contributed by atoms with Crippen molar-refractivity contribution in [2.24, 2.45) is 0 Å². The Bertz CT molecular complexity index is 764. The lowest BCUT2D eigenvalue weighted by atomic mass is 9.63. The second-order valence-electron chi connectivity index (χ2n) is 7.55. The predicted octanol–water partition coefficient (Wildman–Crippen LogP) is 5.65. The van der Waals surface area contributed by atoms with E-state index in [-0.39, 0.29) is 10.8 Å². The summed E-state index contributed by atoms with van der Waals surface area (Å²) in [5.41, 5.74) is 5.80. The number of aromatic nitrogens is 1. The Morgan fingerprint density at radius 1 is 1.00 bits per heavy atom. The summed E-state index contributed by atoms with van der Waals surface area (Å²) >= 11 is 0. The van der Waals surface area contributed by atoms with Gasteiger partial charge in [-0.25, -0.2) is 4.85 Å². The summed E-state index contributed by atoms with van der Waals surface area (Å²) < 4.78 is 0. The van der Waals surface area contributed by atoms with Crippen molar-refractivity contribution in [1.82, 2.24) is 4.98 Å². The lowest BCUT2D eigenvalue weighted by molar-refractivity contribution is 0.331. The summed E-state index contributed by atoms with van der Waals surface area (Å²) in [6.45, 7) is 16.4. The van der Waals surface area contributed by atoms with E-state index in [1.54, 1.807) is 0 Å². The zero-order valence-electron chi connectivity index (χ0n) is 13.8. The number of hydrogen-bond acceptors (Lipinski definition) is 1. The third kappa shape index (κ3) is 2.41. The predicted molar refractivity (Wildman–Crippen MR) is 91.2 cm³/mol. The number of rotatable bonds is 1. The molecular formula is C20H22N2. The van der Waals surface area contributed by atoms with E-state index in [0.717, 1.165) is 11.3 Å². The van der Waals surface area contributed by atoms with E-state index in [1.807, 2.05) is 24.3 Å². The van der Waals surface area contributed by atoms with Gasteiger partial charge in [-0.15, -0.1) is 0 Å². The average Bonchev–Trinajstić information content (AvgIpc) is 2.52. The SMILES string of the molecule is [C-]#[N+]c1cccc(-c2cc3c(cn2)C(C)(C)CCC3(C)C)c1. The largest absolute Gasteiger partial charge is 0.256 e. The van der Waals surface area contributed by atoms with Crippen molar-refractivity contribution in [2.45, 2.75) is 51.4 Å². The van der Waals surface area contributed by atoms with Gasteiger partial charge in [-0.1, -0.05) is 45.9 Å². The highest BCUT2D eigenvalue weighted by molar-refractivity contribution is 5.67. The van der Waals surface area contributed by atoms with Gasteiger partial charge in [-0.2, -0.15) is 0 Å². The number of pyridine rings is 1. The fourth-order valence-corrected chi connectivity index (χ4v) is 3.34. The molecule has 0 radical (unpaired) electrons. The molecule has 0 fully saturated rings. The maximum Gasteiger partial charge on any atom is 0.187 e. The van der Waals surface area contributed by atoms with Crippen LogP contribution in [0.2, 0.25) is 0 Å². The molecule has 1 aliphatic rings. The van der Waals surface area contributed by atoms with Crippen LogP contribution in [0.15, 0.2) is 36.5 Å². The second-order valence-corrected chi connectivity index (χ2v) is 7.55. The maximum absolute atomic E-state index is 7.17. The van der Waals surface area contributed by atoms with Crippen molar-refractivity contribution in [3.05, 3.63) is 59.1 Å². The molecule has 22 heavy (non-hydrogen) atoms. The monoisotopic (exact) mass is 290 g/mol. The average molecular weight is 290 g/mol. The van der Waals surface area contributed by atoms with Crippen LogP contribution in [0.5, 0.6) is 0 Å². The number of benzene rings is 1. The van der Waals surface area contributed by atoms with Crippen molar-refractivity contribution < 1.29 is 0 Å². The summed E-state index contributed by atoms with van der Waals surface area (Å²) in [6, 6.07) is 9.95. The molecular weight excluding hydrogens is 268 g/mol. The van der Waals surface area contributed by atoms with E-state index < -0.39 is 0 Å². The second kappa shape index (κ2) is 4.95. The Balaban J connectivity index is 2.16. The topological polar surface area (TPSA) is 17.2 Å². The van der Waals surface area contributed by atoms with E-state index in [9.17, 15) is 0 Å². The first-order chi connectivity index (χ1) is 10.3. The molecule has 1 heterocycles. The summed E-state index contributed by atoms with van der Waals surface area (Å²) in [6.07, 6.45) is 4.44. The lowest BCUT2D eigenvalue weighted by Crippen LogP contribution is -2.34. The van der Waals surface area contributed by atoms with Gasteiger partial charge in [0.05, 0.1) is 12.3 Å². The number of nitrogens with zero attached hydrogens (tertiary/aromatic N) is 2. The van der Waals surface area contributed by atoms with E-state index in [0.29, 0.717) is 5.69 Å². The zero-order valence-corrected chi connectivity index (χ0v) is 13.8. The Morgan fingerprint density at radius 2 is 1.68 bits per heavy atom. The first kappa shape index (κ1) is 14.8. The van der Waals surface area contributed by atoms with Crippen molar-refractivity contribution in [1.29, 1.82) is 0 Å². The standard InChI is InChI=1S/C20H22N2/c1-19(2)9-10-20(3,4)17-13-22-18(12-16(17)19)14-7-6-8-15(11-14)21-5/h6-8,11-13H,9-10H2,1-4H3. The van der Waals surface area contributed by atoms with Gasteiger partial charge in [0.1, 0.15) is 0 Å². The molecule has 1 aromatic heterocycles. The van der Waals surface area contributed by atoms with Crippen molar-refractivity contribution in [2.75, 3.05) is 0 Å². The molecule has 0 N–H and O–H groups in total. The highest BCUT2D eigenvalue weighted by atomic mass is 14.7. The third-order valence-corrected chi connectivity index (χ3v) is 5.01. The van der Waals surface area contributed by atoms with Gasteiger partial charge < -0.3 is 0 Å². The molecule has 2 nitrogen and oxygen atoms in total. The molecule has 2 aromatic rings. The van der Waals surface area contributed by atoms with Crippen molar-refractivity contribution in [3.8, 4) is 11.3 Å². The molecule has 0 aliphatic heterocycles. The summed E-state index contributed by atoms with van der Waals surface area (Å²) in [5, 5.41) is 0. The molecule has 112 valence electrons. The van der Waals surface area contributed by atoms with Gasteiger partial charge in [-0.3, -0.25) is 4.98 Å². The highest BCUT2D eigenvalue weighted by Crippen LogP contribution is 2.46. The van der Waals surface area contributed by atoms with Gasteiger partial charge >= 0.3 is 0 Å². The van der Waals surface area contributed by atoms with E-state index >= 15 is 0 Å². The van der Waals surface area contributed by atoms with Crippen LogP contribution in [0.3, 0.4) is 0 Å².